The van der Waals surface area contributed by atoms with Crippen molar-refractivity contribution in [2.24, 2.45) is 11.8 Å². The van der Waals surface area contributed by atoms with Crippen molar-refractivity contribution >= 4 is 21.8 Å². The molecule has 1 aliphatic heterocycles. The first kappa shape index (κ1) is 17.9. The normalized spacial score (nSPS) is 24.6. The summed E-state index contributed by atoms with van der Waals surface area (Å²) in [5.41, 5.74) is 0. The molecule has 0 spiro atoms. The van der Waals surface area contributed by atoms with E-state index in [1.165, 1.54) is 0 Å². The topological polar surface area (TPSA) is 107 Å². The van der Waals surface area contributed by atoms with Gasteiger partial charge in [-0.15, -0.1) is 0 Å². The average Bonchev–Trinajstić information content (AvgIpc) is 2.49. The van der Waals surface area contributed by atoms with E-state index in [4.69, 9.17) is 9.47 Å². The third kappa shape index (κ3) is 4.96. The quantitative estimate of drug-likeness (QED) is 0.557. The van der Waals surface area contributed by atoms with Gasteiger partial charge in [0.05, 0.1) is 29.8 Å². The largest absolute Gasteiger partial charge is 0.462 e. The van der Waals surface area contributed by atoms with Crippen LogP contribution in [-0.4, -0.2) is 55.3 Å². The van der Waals surface area contributed by atoms with Crippen LogP contribution in [0.3, 0.4) is 0 Å². The Morgan fingerprint density at radius 3 is 1.71 bits per heavy atom. The van der Waals surface area contributed by atoms with E-state index in [0.29, 0.717) is 0 Å². The Morgan fingerprint density at radius 2 is 1.43 bits per heavy atom. The average molecular weight is 322 g/mol. The first-order valence-electron chi connectivity index (χ1n) is 6.83. The Labute approximate surface area is 124 Å². The lowest BCUT2D eigenvalue weighted by molar-refractivity contribution is -0.170. The van der Waals surface area contributed by atoms with Crippen LogP contribution in [0.1, 0.15) is 27.7 Å². The fourth-order valence-corrected chi connectivity index (χ4v) is 4.14. The first-order chi connectivity index (χ1) is 9.53. The van der Waals surface area contributed by atoms with Crippen LogP contribution in [0.2, 0.25) is 0 Å². The van der Waals surface area contributed by atoms with Crippen LogP contribution in [0.4, 0.5) is 0 Å². The molecule has 21 heavy (non-hydrogen) atoms. The number of rotatable bonds is 5. The number of hydrogen-bond donors (Lipinski definition) is 1. The maximum atomic E-state index is 12.1. The number of carbonyl (C=O) groups excluding carboxylic acids is 2. The van der Waals surface area contributed by atoms with Crippen molar-refractivity contribution in [3.63, 3.8) is 0 Å². The molecular formula is C13H22O7S. The molecule has 2 atom stereocenters. The Balaban J connectivity index is 3.02. The van der Waals surface area contributed by atoms with Crippen LogP contribution in [0.15, 0.2) is 0 Å². The number of esters is 2. The van der Waals surface area contributed by atoms with Crippen LogP contribution in [0.25, 0.3) is 0 Å². The lowest BCUT2D eigenvalue weighted by Crippen LogP contribution is -2.41. The molecular weight excluding hydrogens is 300 g/mol. The van der Waals surface area contributed by atoms with E-state index in [-0.39, 0.29) is 0 Å². The standard InChI is InChI=1S/C13H22O7S/c1-7(2)19-12(15)11(13(16)20-8(3)4)9-5-21(17,18)6-10(9)14/h7-11,14H,5-6H2,1-4H3. The van der Waals surface area contributed by atoms with Crippen LogP contribution in [0, 0.1) is 11.8 Å². The van der Waals surface area contributed by atoms with Crippen LogP contribution < -0.4 is 0 Å². The minimum Gasteiger partial charge on any atom is -0.462 e. The fourth-order valence-electron chi connectivity index (χ4n) is 2.23. The number of sulfone groups is 1. The maximum Gasteiger partial charge on any atom is 0.321 e. The number of carbonyl (C=O) groups is 2. The summed E-state index contributed by atoms with van der Waals surface area (Å²) >= 11 is 0. The summed E-state index contributed by atoms with van der Waals surface area (Å²) in [6.45, 7) is 6.46. The zero-order valence-corrected chi connectivity index (χ0v) is 13.4. The lowest BCUT2D eigenvalue weighted by atomic mass is 9.90. The molecule has 0 amide bonds. The van der Waals surface area contributed by atoms with Gasteiger partial charge in [-0.05, 0) is 27.7 Å². The van der Waals surface area contributed by atoms with Gasteiger partial charge in [0.2, 0.25) is 0 Å². The second-order valence-electron chi connectivity index (χ2n) is 5.76. The van der Waals surface area contributed by atoms with E-state index < -0.39 is 63.4 Å². The summed E-state index contributed by atoms with van der Waals surface area (Å²) < 4.78 is 33.2. The Bertz CT molecular complexity index is 473. The Kier molecular flexibility index (Phi) is 5.75. The number of hydrogen-bond acceptors (Lipinski definition) is 7. The molecule has 1 rings (SSSR count). The van der Waals surface area contributed by atoms with Crippen LogP contribution >= 0.6 is 0 Å². The van der Waals surface area contributed by atoms with E-state index in [9.17, 15) is 23.1 Å². The molecule has 0 aromatic rings. The highest BCUT2D eigenvalue weighted by molar-refractivity contribution is 7.91. The van der Waals surface area contributed by atoms with E-state index >= 15 is 0 Å². The minimum absolute atomic E-state index is 0.431. The zero-order valence-electron chi connectivity index (χ0n) is 12.6. The third-order valence-electron chi connectivity index (χ3n) is 3.01. The van der Waals surface area contributed by atoms with Gasteiger partial charge < -0.3 is 14.6 Å². The number of ether oxygens (including phenoxy) is 2. The summed E-state index contributed by atoms with van der Waals surface area (Å²) in [6, 6.07) is 0. The minimum atomic E-state index is -3.48. The smallest absolute Gasteiger partial charge is 0.321 e. The summed E-state index contributed by atoms with van der Waals surface area (Å²) in [4.78, 5) is 24.2. The lowest BCUT2D eigenvalue weighted by Gasteiger charge is -2.24. The van der Waals surface area contributed by atoms with Gasteiger partial charge in [-0.1, -0.05) is 0 Å². The highest BCUT2D eigenvalue weighted by Crippen LogP contribution is 2.29. The molecule has 1 saturated heterocycles. The molecule has 0 saturated carbocycles. The molecule has 0 radical (unpaired) electrons. The number of aliphatic hydroxyl groups is 1. The monoisotopic (exact) mass is 322 g/mol. The van der Waals surface area contributed by atoms with E-state index in [0.717, 1.165) is 0 Å². The highest BCUT2D eigenvalue weighted by atomic mass is 32.2. The van der Waals surface area contributed by atoms with Gasteiger partial charge in [0.1, 0.15) is 0 Å². The van der Waals surface area contributed by atoms with E-state index in [1.54, 1.807) is 27.7 Å². The Morgan fingerprint density at radius 1 is 1.00 bits per heavy atom. The van der Waals surface area contributed by atoms with Crippen molar-refractivity contribution in [1.82, 2.24) is 0 Å². The highest BCUT2D eigenvalue weighted by Gasteiger charge is 2.48. The van der Waals surface area contributed by atoms with Crippen molar-refractivity contribution in [2.45, 2.75) is 46.0 Å². The zero-order chi connectivity index (χ0) is 16.4. The SMILES string of the molecule is CC(C)OC(=O)C(C(=O)OC(C)C)C1CS(=O)(=O)CC1O. The molecule has 8 heteroatoms. The molecule has 1 aliphatic rings. The van der Waals surface area contributed by atoms with E-state index in [1.807, 2.05) is 0 Å². The van der Waals surface area contributed by atoms with E-state index in [2.05, 4.69) is 0 Å². The van der Waals surface area contributed by atoms with Crippen molar-refractivity contribution in [3.8, 4) is 0 Å². The molecule has 1 fully saturated rings. The van der Waals surface area contributed by atoms with Crippen molar-refractivity contribution < 1.29 is 32.6 Å². The molecule has 7 nitrogen and oxygen atoms in total. The predicted molar refractivity (Wildman–Crippen MR) is 74.1 cm³/mol. The molecule has 1 heterocycles. The molecule has 0 bridgehead atoms. The van der Waals surface area contributed by atoms with Gasteiger partial charge in [-0.2, -0.15) is 0 Å². The van der Waals surface area contributed by atoms with Gasteiger partial charge in [-0.25, -0.2) is 8.42 Å². The summed E-state index contributed by atoms with van der Waals surface area (Å²) in [5.74, 6) is -5.08. The Hall–Kier alpha value is -1.15. The second kappa shape index (κ2) is 6.74. The number of aliphatic hydroxyl groups excluding tert-OH is 1. The fraction of sp³-hybridized carbons (Fsp3) is 0.846. The maximum absolute atomic E-state index is 12.1. The summed E-state index contributed by atoms with van der Waals surface area (Å²) in [7, 11) is -3.48. The van der Waals surface area contributed by atoms with Gasteiger partial charge in [0.25, 0.3) is 0 Å². The van der Waals surface area contributed by atoms with Crippen molar-refractivity contribution in [2.75, 3.05) is 11.5 Å². The third-order valence-corrected chi connectivity index (χ3v) is 4.75. The molecule has 0 aliphatic carbocycles. The first-order valence-corrected chi connectivity index (χ1v) is 8.65. The second-order valence-corrected chi connectivity index (χ2v) is 7.91. The van der Waals surface area contributed by atoms with Gasteiger partial charge >= 0.3 is 11.9 Å². The molecule has 2 unspecified atom stereocenters. The molecule has 122 valence electrons. The molecule has 0 aromatic heterocycles. The van der Waals surface area contributed by atoms with Gasteiger partial charge in [0.15, 0.2) is 15.8 Å². The van der Waals surface area contributed by atoms with Crippen LogP contribution in [0.5, 0.6) is 0 Å². The predicted octanol–water partition coefficient (Wildman–Crippen LogP) is -0.0887. The molecule has 1 N–H and O–H groups in total. The van der Waals surface area contributed by atoms with Crippen molar-refractivity contribution in [3.05, 3.63) is 0 Å². The summed E-state index contributed by atoms with van der Waals surface area (Å²) in [5, 5.41) is 9.87. The van der Waals surface area contributed by atoms with Crippen LogP contribution in [-0.2, 0) is 28.9 Å². The van der Waals surface area contributed by atoms with Gasteiger partial charge in [-0.3, -0.25) is 9.59 Å². The van der Waals surface area contributed by atoms with Crippen molar-refractivity contribution in [1.29, 1.82) is 0 Å². The summed E-state index contributed by atoms with van der Waals surface area (Å²) in [6.07, 6.45) is -2.19. The van der Waals surface area contributed by atoms with Gasteiger partial charge in [0, 0.05) is 5.92 Å². The molecule has 0 aromatic carbocycles.